The minimum Gasteiger partial charge on any atom is -0.459 e. The van der Waals surface area contributed by atoms with E-state index in [4.69, 9.17) is 4.42 Å². The van der Waals surface area contributed by atoms with E-state index in [-0.39, 0.29) is 36.6 Å². The van der Waals surface area contributed by atoms with Crippen LogP contribution in [0.5, 0.6) is 0 Å². The first-order valence-corrected chi connectivity index (χ1v) is 9.78. The molecule has 0 saturated heterocycles. The molecule has 0 spiro atoms. The van der Waals surface area contributed by atoms with Crippen molar-refractivity contribution in [2.75, 3.05) is 6.54 Å². The third kappa shape index (κ3) is 4.75. The summed E-state index contributed by atoms with van der Waals surface area (Å²) >= 11 is 0. The lowest BCUT2D eigenvalue weighted by Gasteiger charge is -2.17. The molecule has 2 amide bonds. The summed E-state index contributed by atoms with van der Waals surface area (Å²) in [4.78, 5) is 32.5. The number of aromatic amines is 1. The van der Waals surface area contributed by atoms with E-state index >= 15 is 0 Å². The van der Waals surface area contributed by atoms with Gasteiger partial charge in [0.05, 0.1) is 23.3 Å². The Hall–Kier alpha value is -3.87. The van der Waals surface area contributed by atoms with Gasteiger partial charge in [-0.15, -0.1) is 0 Å². The van der Waals surface area contributed by atoms with Crippen LogP contribution in [0.25, 0.3) is 11.0 Å². The number of H-pyrrole nitrogens is 1. The molecule has 4 aromatic rings. The number of aromatic nitrogens is 2. The number of rotatable bonds is 8. The van der Waals surface area contributed by atoms with Crippen LogP contribution < -0.4 is 10.6 Å². The van der Waals surface area contributed by atoms with E-state index in [9.17, 15) is 9.59 Å². The number of nitrogens with one attached hydrogen (secondary N) is 3. The lowest BCUT2D eigenvalue weighted by atomic mass is 10.1. The second-order valence-corrected chi connectivity index (χ2v) is 6.93. The molecule has 0 saturated carbocycles. The zero-order valence-corrected chi connectivity index (χ0v) is 16.3. The molecule has 0 radical (unpaired) electrons. The van der Waals surface area contributed by atoms with Crippen LogP contribution in [0.4, 0.5) is 0 Å². The summed E-state index contributed by atoms with van der Waals surface area (Å²) in [6.45, 7) is 0.212. The molecule has 7 nitrogen and oxygen atoms in total. The lowest BCUT2D eigenvalue weighted by Crippen LogP contribution is -2.34. The van der Waals surface area contributed by atoms with E-state index in [1.165, 1.54) is 6.26 Å². The molecule has 2 heterocycles. The second kappa shape index (κ2) is 9.09. The van der Waals surface area contributed by atoms with Gasteiger partial charge in [0.15, 0.2) is 5.76 Å². The topological polar surface area (TPSA) is 100 Å². The van der Waals surface area contributed by atoms with E-state index in [2.05, 4.69) is 20.6 Å². The summed E-state index contributed by atoms with van der Waals surface area (Å²) < 4.78 is 5.05. The molecule has 0 bridgehead atoms. The molecule has 7 heteroatoms. The van der Waals surface area contributed by atoms with E-state index < -0.39 is 0 Å². The Labute approximate surface area is 173 Å². The van der Waals surface area contributed by atoms with Crippen molar-refractivity contribution in [1.29, 1.82) is 0 Å². The van der Waals surface area contributed by atoms with Crippen molar-refractivity contribution in [2.45, 2.75) is 18.9 Å². The molecule has 1 atom stereocenters. The smallest absolute Gasteiger partial charge is 0.286 e. The summed E-state index contributed by atoms with van der Waals surface area (Å²) in [7, 11) is 0. The Morgan fingerprint density at radius 3 is 2.57 bits per heavy atom. The minimum atomic E-state index is -0.342. The molecular formula is C23H22N4O3. The summed E-state index contributed by atoms with van der Waals surface area (Å²) in [5, 5.41) is 5.73. The average molecular weight is 402 g/mol. The molecule has 30 heavy (non-hydrogen) atoms. The number of imidazole rings is 1. The highest BCUT2D eigenvalue weighted by Gasteiger charge is 2.19. The number of hydrogen-bond acceptors (Lipinski definition) is 4. The maximum Gasteiger partial charge on any atom is 0.286 e. The quantitative estimate of drug-likeness (QED) is 0.421. The predicted octanol–water partition coefficient (Wildman–Crippen LogP) is 3.38. The van der Waals surface area contributed by atoms with Crippen LogP contribution >= 0.6 is 0 Å². The number of carbonyl (C=O) groups excluding carboxylic acids is 2. The second-order valence-electron chi connectivity index (χ2n) is 6.93. The molecule has 3 N–H and O–H groups in total. The van der Waals surface area contributed by atoms with Gasteiger partial charge in [-0.2, -0.15) is 0 Å². The van der Waals surface area contributed by atoms with Gasteiger partial charge in [0.2, 0.25) is 5.91 Å². The maximum absolute atomic E-state index is 12.6. The SMILES string of the molecule is O=C(CCNC(=O)c1ccco1)N[C@@H](Cc1ccccc1)c1nc2ccccc2[nH]1. The zero-order valence-electron chi connectivity index (χ0n) is 16.3. The Kier molecular flexibility index (Phi) is 5.89. The molecule has 0 aliphatic carbocycles. The van der Waals surface area contributed by atoms with Crippen molar-refractivity contribution in [3.05, 3.63) is 90.1 Å². The Balaban J connectivity index is 1.42. The zero-order chi connectivity index (χ0) is 20.8. The fourth-order valence-corrected chi connectivity index (χ4v) is 3.25. The number of amides is 2. The van der Waals surface area contributed by atoms with Gasteiger partial charge < -0.3 is 20.0 Å². The van der Waals surface area contributed by atoms with Gasteiger partial charge in [-0.25, -0.2) is 4.98 Å². The van der Waals surface area contributed by atoms with Crippen molar-refractivity contribution in [3.63, 3.8) is 0 Å². The van der Waals surface area contributed by atoms with Gasteiger partial charge in [0, 0.05) is 13.0 Å². The van der Waals surface area contributed by atoms with E-state index in [0.717, 1.165) is 16.6 Å². The van der Waals surface area contributed by atoms with Crippen molar-refractivity contribution < 1.29 is 14.0 Å². The molecular weight excluding hydrogens is 380 g/mol. The van der Waals surface area contributed by atoms with Gasteiger partial charge in [0.25, 0.3) is 5.91 Å². The lowest BCUT2D eigenvalue weighted by molar-refractivity contribution is -0.121. The number of carbonyl (C=O) groups is 2. The van der Waals surface area contributed by atoms with Crippen molar-refractivity contribution in [2.24, 2.45) is 0 Å². The van der Waals surface area contributed by atoms with Crippen LogP contribution in [0.3, 0.4) is 0 Å². The largest absolute Gasteiger partial charge is 0.459 e. The highest BCUT2D eigenvalue weighted by Crippen LogP contribution is 2.20. The van der Waals surface area contributed by atoms with Crippen molar-refractivity contribution >= 4 is 22.8 Å². The Morgan fingerprint density at radius 2 is 1.80 bits per heavy atom. The Morgan fingerprint density at radius 1 is 1.00 bits per heavy atom. The van der Waals surface area contributed by atoms with E-state index in [0.29, 0.717) is 12.2 Å². The third-order valence-electron chi connectivity index (χ3n) is 4.74. The van der Waals surface area contributed by atoms with Crippen LogP contribution in [0.2, 0.25) is 0 Å². The van der Waals surface area contributed by atoms with Crippen molar-refractivity contribution in [3.8, 4) is 0 Å². The number of hydrogen-bond donors (Lipinski definition) is 3. The number of benzene rings is 2. The third-order valence-corrected chi connectivity index (χ3v) is 4.74. The monoisotopic (exact) mass is 402 g/mol. The van der Waals surface area contributed by atoms with Crippen LogP contribution in [0, 0.1) is 0 Å². The molecule has 2 aromatic heterocycles. The fourth-order valence-electron chi connectivity index (χ4n) is 3.25. The van der Waals surface area contributed by atoms with Gasteiger partial charge in [-0.3, -0.25) is 9.59 Å². The molecule has 152 valence electrons. The molecule has 0 aliphatic rings. The van der Waals surface area contributed by atoms with Crippen molar-refractivity contribution in [1.82, 2.24) is 20.6 Å². The predicted molar refractivity (Wildman–Crippen MR) is 113 cm³/mol. The number of furan rings is 1. The number of para-hydroxylation sites is 2. The first-order chi connectivity index (χ1) is 14.7. The summed E-state index contributed by atoms with van der Waals surface area (Å²) in [5.74, 6) is 0.412. The number of nitrogens with zero attached hydrogens (tertiary/aromatic N) is 1. The van der Waals surface area contributed by atoms with Crippen LogP contribution in [0.1, 0.15) is 34.4 Å². The maximum atomic E-state index is 12.6. The highest BCUT2D eigenvalue weighted by atomic mass is 16.3. The fraction of sp³-hybridized carbons (Fsp3) is 0.174. The minimum absolute atomic E-state index is 0.151. The summed E-state index contributed by atoms with van der Waals surface area (Å²) in [6, 6.07) is 20.6. The van der Waals surface area contributed by atoms with Crippen LogP contribution in [-0.4, -0.2) is 28.3 Å². The van der Waals surface area contributed by atoms with Gasteiger partial charge in [-0.05, 0) is 36.2 Å². The summed E-state index contributed by atoms with van der Waals surface area (Å²) in [5.41, 5.74) is 2.87. The molecule has 2 aromatic carbocycles. The highest BCUT2D eigenvalue weighted by molar-refractivity contribution is 5.91. The first-order valence-electron chi connectivity index (χ1n) is 9.78. The standard InChI is InChI=1S/C23H22N4O3/c28-21(12-13-24-23(29)20-11-6-14-30-20)25-19(15-16-7-2-1-3-8-16)22-26-17-9-4-5-10-18(17)27-22/h1-11,14,19H,12-13,15H2,(H,24,29)(H,25,28)(H,26,27)/t19-/m0/s1. The van der Waals surface area contributed by atoms with Crippen LogP contribution in [-0.2, 0) is 11.2 Å². The Bertz CT molecular complexity index is 1090. The number of fused-ring (bicyclic) bond motifs is 1. The average Bonchev–Trinajstić information content (AvgIpc) is 3.44. The molecule has 0 fully saturated rings. The molecule has 0 aliphatic heterocycles. The van der Waals surface area contributed by atoms with Gasteiger partial charge in [-0.1, -0.05) is 42.5 Å². The van der Waals surface area contributed by atoms with Crippen LogP contribution in [0.15, 0.2) is 77.4 Å². The van der Waals surface area contributed by atoms with Gasteiger partial charge in [0.1, 0.15) is 5.82 Å². The molecule has 4 rings (SSSR count). The first kappa shape index (κ1) is 19.4. The van der Waals surface area contributed by atoms with E-state index in [1.54, 1.807) is 12.1 Å². The normalized spacial score (nSPS) is 11.9. The molecule has 0 unspecified atom stereocenters. The summed E-state index contributed by atoms with van der Waals surface area (Å²) in [6.07, 6.45) is 2.19. The van der Waals surface area contributed by atoms with Gasteiger partial charge >= 0.3 is 0 Å². The van der Waals surface area contributed by atoms with E-state index in [1.807, 2.05) is 54.6 Å².